The number of carbonyl (C=O) groups is 2. The highest BCUT2D eigenvalue weighted by Crippen LogP contribution is 2.23. The smallest absolute Gasteiger partial charge is 0.343 e. The first-order valence-electron chi connectivity index (χ1n) is 8.81. The molecular weight excluding hydrogens is 382 g/mol. The highest BCUT2D eigenvalue weighted by atomic mass is 32.2. The third-order valence-electron chi connectivity index (χ3n) is 4.48. The summed E-state index contributed by atoms with van der Waals surface area (Å²) in [6.07, 6.45) is 0. The molecule has 2 aromatic rings. The Bertz CT molecular complexity index is 992. The second-order valence-corrected chi connectivity index (χ2v) is 8.37. The van der Waals surface area contributed by atoms with Crippen LogP contribution >= 0.6 is 0 Å². The Kier molecular flexibility index (Phi) is 5.93. The van der Waals surface area contributed by atoms with Crippen molar-refractivity contribution in [2.24, 2.45) is 0 Å². The normalized spacial score (nSPS) is 15.2. The molecule has 148 valence electrons. The molecule has 0 aromatic heterocycles. The van der Waals surface area contributed by atoms with E-state index >= 15 is 0 Å². The molecule has 1 heterocycles. The van der Waals surface area contributed by atoms with Gasteiger partial charge < -0.3 is 9.47 Å². The van der Waals surface area contributed by atoms with Crippen LogP contribution in [0, 0.1) is 6.92 Å². The van der Waals surface area contributed by atoms with Crippen molar-refractivity contribution < 1.29 is 27.5 Å². The van der Waals surface area contributed by atoms with E-state index in [2.05, 4.69) is 0 Å². The molecule has 0 radical (unpaired) electrons. The Labute approximate surface area is 163 Å². The molecule has 0 bridgehead atoms. The van der Waals surface area contributed by atoms with E-state index in [1.165, 1.54) is 35.5 Å². The summed E-state index contributed by atoms with van der Waals surface area (Å²) in [5.41, 5.74) is 1.19. The first-order valence-corrected chi connectivity index (χ1v) is 10.2. The quantitative estimate of drug-likeness (QED) is 0.433. The van der Waals surface area contributed by atoms with E-state index in [4.69, 9.17) is 9.47 Å². The molecule has 2 aromatic carbocycles. The molecular formula is C20H21NO6S. The van der Waals surface area contributed by atoms with Crippen molar-refractivity contribution in [1.82, 2.24) is 4.31 Å². The summed E-state index contributed by atoms with van der Waals surface area (Å²) in [6.45, 7) is 4.37. The van der Waals surface area contributed by atoms with Crippen LogP contribution in [-0.2, 0) is 14.8 Å². The van der Waals surface area contributed by atoms with Crippen LogP contribution in [0.4, 0.5) is 0 Å². The zero-order valence-corrected chi connectivity index (χ0v) is 16.5. The summed E-state index contributed by atoms with van der Waals surface area (Å²) in [6, 6.07) is 10.6. The molecule has 0 unspecified atom stereocenters. The van der Waals surface area contributed by atoms with E-state index in [9.17, 15) is 18.0 Å². The van der Waals surface area contributed by atoms with Gasteiger partial charge in [0.1, 0.15) is 5.75 Å². The lowest BCUT2D eigenvalue weighted by Gasteiger charge is -2.26. The molecule has 0 N–H and O–H groups in total. The van der Waals surface area contributed by atoms with Gasteiger partial charge in [0.15, 0.2) is 5.78 Å². The summed E-state index contributed by atoms with van der Waals surface area (Å²) in [4.78, 5) is 23.9. The average Bonchev–Trinajstić information content (AvgIpc) is 2.69. The maximum Gasteiger partial charge on any atom is 0.343 e. The molecule has 1 saturated heterocycles. The summed E-state index contributed by atoms with van der Waals surface area (Å²) in [7, 11) is -3.73. The van der Waals surface area contributed by atoms with Crippen molar-refractivity contribution in [3.8, 4) is 5.75 Å². The SMILES string of the molecule is CC(=O)c1ccc(OC(=O)c2ccc(C)c(S(=O)(=O)N3CCOCC3)c2)cc1. The molecule has 1 fully saturated rings. The number of benzene rings is 2. The van der Waals surface area contributed by atoms with Gasteiger partial charge in [-0.05, 0) is 55.8 Å². The van der Waals surface area contributed by atoms with Gasteiger partial charge in [-0.1, -0.05) is 6.07 Å². The maximum absolute atomic E-state index is 12.9. The number of hydrogen-bond donors (Lipinski definition) is 0. The second kappa shape index (κ2) is 8.22. The summed E-state index contributed by atoms with van der Waals surface area (Å²) in [5, 5.41) is 0. The average molecular weight is 403 g/mol. The number of ketones is 1. The van der Waals surface area contributed by atoms with Gasteiger partial charge in [-0.2, -0.15) is 4.31 Å². The number of hydrogen-bond acceptors (Lipinski definition) is 6. The summed E-state index contributed by atoms with van der Waals surface area (Å²) in [5.74, 6) is -0.489. The predicted molar refractivity (Wildman–Crippen MR) is 102 cm³/mol. The minimum Gasteiger partial charge on any atom is -0.423 e. The van der Waals surface area contributed by atoms with Crippen LogP contribution in [0.15, 0.2) is 47.4 Å². The van der Waals surface area contributed by atoms with Crippen molar-refractivity contribution in [3.63, 3.8) is 0 Å². The number of morpholine rings is 1. The fourth-order valence-corrected chi connectivity index (χ4v) is 4.51. The van der Waals surface area contributed by atoms with E-state index in [0.29, 0.717) is 24.3 Å². The Balaban J connectivity index is 1.83. The van der Waals surface area contributed by atoms with Crippen molar-refractivity contribution in [2.45, 2.75) is 18.7 Å². The zero-order chi connectivity index (χ0) is 20.3. The molecule has 0 amide bonds. The van der Waals surface area contributed by atoms with Crippen LogP contribution in [0.1, 0.15) is 33.2 Å². The van der Waals surface area contributed by atoms with Gasteiger partial charge in [0.2, 0.25) is 10.0 Å². The van der Waals surface area contributed by atoms with E-state index in [1.807, 2.05) is 0 Å². The van der Waals surface area contributed by atoms with Crippen LogP contribution in [0.25, 0.3) is 0 Å². The number of Topliss-reactive ketones (excluding diaryl/α,β-unsaturated/α-hetero) is 1. The number of ether oxygens (including phenoxy) is 2. The fourth-order valence-electron chi connectivity index (χ4n) is 2.85. The minimum absolute atomic E-state index is 0.0794. The van der Waals surface area contributed by atoms with E-state index in [-0.39, 0.29) is 35.1 Å². The van der Waals surface area contributed by atoms with Crippen molar-refractivity contribution >= 4 is 21.8 Å². The van der Waals surface area contributed by atoms with Crippen molar-refractivity contribution in [1.29, 1.82) is 0 Å². The van der Waals surface area contributed by atoms with Crippen molar-refractivity contribution in [3.05, 3.63) is 59.2 Å². The van der Waals surface area contributed by atoms with E-state index < -0.39 is 16.0 Å². The molecule has 0 atom stereocenters. The molecule has 7 nitrogen and oxygen atoms in total. The van der Waals surface area contributed by atoms with Crippen LogP contribution in [0.2, 0.25) is 0 Å². The fraction of sp³-hybridized carbons (Fsp3) is 0.300. The number of esters is 1. The molecule has 0 saturated carbocycles. The van der Waals surface area contributed by atoms with E-state index in [0.717, 1.165) is 0 Å². The maximum atomic E-state index is 12.9. The Hall–Kier alpha value is -2.55. The number of nitrogens with zero attached hydrogens (tertiary/aromatic N) is 1. The monoisotopic (exact) mass is 403 g/mol. The first-order chi connectivity index (χ1) is 13.3. The zero-order valence-electron chi connectivity index (χ0n) is 15.7. The lowest BCUT2D eigenvalue weighted by Crippen LogP contribution is -2.40. The van der Waals surface area contributed by atoms with Gasteiger partial charge in [0, 0.05) is 18.7 Å². The minimum atomic E-state index is -3.73. The largest absolute Gasteiger partial charge is 0.423 e. The number of sulfonamides is 1. The molecule has 3 rings (SSSR count). The molecule has 0 aliphatic carbocycles. The number of rotatable bonds is 5. The second-order valence-electron chi connectivity index (χ2n) is 6.47. The summed E-state index contributed by atoms with van der Waals surface area (Å²) < 4.78 is 37.7. The topological polar surface area (TPSA) is 90.0 Å². The Morgan fingerprint density at radius 1 is 1.00 bits per heavy atom. The van der Waals surface area contributed by atoms with Gasteiger partial charge in [-0.3, -0.25) is 4.79 Å². The predicted octanol–water partition coefficient (Wildman–Crippen LogP) is 2.44. The summed E-state index contributed by atoms with van der Waals surface area (Å²) >= 11 is 0. The van der Waals surface area contributed by atoms with E-state index in [1.54, 1.807) is 25.1 Å². The third kappa shape index (κ3) is 4.30. The van der Waals surface area contributed by atoms with Crippen LogP contribution in [0.3, 0.4) is 0 Å². The van der Waals surface area contributed by atoms with Crippen LogP contribution < -0.4 is 4.74 Å². The lowest BCUT2D eigenvalue weighted by atomic mass is 10.1. The third-order valence-corrected chi connectivity index (χ3v) is 6.52. The van der Waals surface area contributed by atoms with Crippen molar-refractivity contribution in [2.75, 3.05) is 26.3 Å². The lowest BCUT2D eigenvalue weighted by molar-refractivity contribution is 0.0727. The van der Waals surface area contributed by atoms with Gasteiger partial charge in [-0.15, -0.1) is 0 Å². The van der Waals surface area contributed by atoms with Crippen LogP contribution in [-0.4, -0.2) is 50.8 Å². The Morgan fingerprint density at radius 3 is 2.21 bits per heavy atom. The first kappa shape index (κ1) is 20.2. The van der Waals surface area contributed by atoms with Gasteiger partial charge in [0.05, 0.1) is 23.7 Å². The highest BCUT2D eigenvalue weighted by Gasteiger charge is 2.28. The van der Waals surface area contributed by atoms with Gasteiger partial charge >= 0.3 is 5.97 Å². The molecule has 1 aliphatic heterocycles. The Morgan fingerprint density at radius 2 is 1.61 bits per heavy atom. The number of carbonyl (C=O) groups excluding carboxylic acids is 2. The molecule has 8 heteroatoms. The molecule has 1 aliphatic rings. The van der Waals surface area contributed by atoms with Gasteiger partial charge in [0.25, 0.3) is 0 Å². The highest BCUT2D eigenvalue weighted by molar-refractivity contribution is 7.89. The molecule has 0 spiro atoms. The number of aryl methyl sites for hydroxylation is 1. The standard InChI is InChI=1S/C20H21NO6S/c1-14-3-4-17(13-19(14)28(24,25)21-9-11-26-12-10-21)20(23)27-18-7-5-16(6-8-18)15(2)22/h3-8,13H,9-12H2,1-2H3. The molecule has 28 heavy (non-hydrogen) atoms. The van der Waals surface area contributed by atoms with Crippen LogP contribution in [0.5, 0.6) is 5.75 Å². The van der Waals surface area contributed by atoms with Gasteiger partial charge in [-0.25, -0.2) is 13.2 Å².